The van der Waals surface area contributed by atoms with Crippen molar-refractivity contribution in [2.75, 3.05) is 27.2 Å². The number of hydrogen-bond donors (Lipinski definition) is 1. The molecule has 0 spiro atoms. The van der Waals surface area contributed by atoms with Crippen molar-refractivity contribution in [3.63, 3.8) is 0 Å². The van der Waals surface area contributed by atoms with E-state index in [0.717, 1.165) is 7.11 Å². The van der Waals surface area contributed by atoms with Gasteiger partial charge in [0.05, 0.1) is 29.8 Å². The molecule has 0 amide bonds. The molecule has 2 heterocycles. The molecular formula is C20H31NO3. The van der Waals surface area contributed by atoms with Crippen molar-refractivity contribution in [3.05, 3.63) is 23.2 Å². The number of ether oxygens (including phenoxy) is 2. The average molecular weight is 354 g/mol. The maximum Gasteiger partial charge on any atom is 0.161 e. The van der Waals surface area contributed by atoms with Crippen LogP contribution in [0.1, 0.15) is 77.9 Å². The lowest BCUT2D eigenvalue weighted by atomic mass is 9.75. The Morgan fingerprint density at radius 2 is 2.29 bits per heavy atom. The zero-order valence-electron chi connectivity index (χ0n) is 33.1. The van der Waals surface area contributed by atoms with Gasteiger partial charge in [-0.05, 0) is 53.7 Å². The first-order valence-corrected chi connectivity index (χ1v) is 7.11. The van der Waals surface area contributed by atoms with Crippen LogP contribution >= 0.6 is 0 Å². The van der Waals surface area contributed by atoms with Crippen molar-refractivity contribution in [2.24, 2.45) is 11.3 Å². The maximum absolute atomic E-state index is 11.6. The minimum Gasteiger partial charge on any atom is -0.493 e. The molecule has 2 aliphatic rings. The molecule has 4 heteroatoms. The highest BCUT2D eigenvalue weighted by atomic mass is 16.5. The average Bonchev–Trinajstić information content (AvgIpc) is 2.82. The van der Waals surface area contributed by atoms with E-state index in [1.165, 1.54) is 0 Å². The SMILES string of the molecule is [2H]c1c2c(c([2H])c(OC([2H])([2H])[2H])c1OC)C1([2H])N(CC2)C([2H])([2H])C([2H])(C([2H])([2H])C(C)(C([2H])([2H])[2H])C([2H])([2H])[2H])C([2H])(O)C1([2H])[2H]. The van der Waals surface area contributed by atoms with Crippen LogP contribution in [-0.4, -0.2) is 43.3 Å². The summed E-state index contributed by atoms with van der Waals surface area (Å²) in [5, 5.41) is 11.6. The molecule has 1 aromatic carbocycles. The van der Waals surface area contributed by atoms with E-state index in [-0.39, 0.29) is 10.5 Å². The second-order valence-corrected chi connectivity index (χ2v) is 5.53. The van der Waals surface area contributed by atoms with Crippen molar-refractivity contribution < 1.29 is 42.0 Å². The fraction of sp³-hybridized carbons (Fsp3) is 0.700. The fourth-order valence-electron chi connectivity index (χ4n) is 2.52. The van der Waals surface area contributed by atoms with Gasteiger partial charge in [0.1, 0.15) is 0 Å². The Morgan fingerprint density at radius 3 is 3.00 bits per heavy atom. The number of benzene rings is 1. The third kappa shape index (κ3) is 3.40. The van der Waals surface area contributed by atoms with Crippen LogP contribution in [0.15, 0.2) is 12.1 Å². The van der Waals surface area contributed by atoms with Crippen molar-refractivity contribution in [2.45, 2.75) is 51.9 Å². The minimum absolute atomic E-state index is 0.151. The van der Waals surface area contributed by atoms with E-state index in [9.17, 15) is 6.48 Å². The zero-order chi connectivity index (χ0) is 34.9. The number of aliphatic hydroxyl groups is 1. The number of hydrogen-bond acceptors (Lipinski definition) is 4. The van der Waals surface area contributed by atoms with Crippen LogP contribution in [0.4, 0.5) is 0 Å². The summed E-state index contributed by atoms with van der Waals surface area (Å²) in [6, 6.07) is -5.34. The van der Waals surface area contributed by atoms with Gasteiger partial charge in [0.25, 0.3) is 0 Å². The Hall–Kier alpha value is -1.26. The largest absolute Gasteiger partial charge is 0.493 e. The molecule has 1 fully saturated rings. The van der Waals surface area contributed by atoms with Crippen LogP contribution in [-0.2, 0) is 6.42 Å². The quantitative estimate of drug-likeness (QED) is 0.904. The predicted molar refractivity (Wildman–Crippen MR) is 95.7 cm³/mol. The van der Waals surface area contributed by atoms with E-state index in [2.05, 4.69) is 0 Å². The molecule has 3 unspecified atom stereocenters. The monoisotopic (exact) mass is 353 g/mol. The highest BCUT2D eigenvalue weighted by Crippen LogP contribution is 2.44. The molecule has 1 saturated heterocycles. The Morgan fingerprint density at radius 1 is 1.50 bits per heavy atom. The van der Waals surface area contributed by atoms with Crippen LogP contribution in [0.5, 0.6) is 11.5 Å². The Bertz CT molecular complexity index is 1320. The molecule has 134 valence electrons. The van der Waals surface area contributed by atoms with Crippen molar-refractivity contribution >= 4 is 0 Å². The van der Waals surface area contributed by atoms with Gasteiger partial charge in [-0.15, -0.1) is 0 Å². The van der Waals surface area contributed by atoms with Crippen molar-refractivity contribution in [1.29, 1.82) is 0 Å². The summed E-state index contributed by atoms with van der Waals surface area (Å²) in [6.45, 7) is -12.2. The molecule has 3 rings (SSSR count). The standard InChI is InChI=1S/C20H31NO3/c1-20(2,3)11-14-12-21-7-6-13-8-18(23-4)19(24-5)9-15(13)16(21)10-17(14)22/h8-9,14,16-17,22H,6-7,10-12H2,1-5H3/i1D3,2D3,5D3,8D,9D,10D2,11D2,12D2,14D,16D,17D. The molecule has 0 aromatic heterocycles. The van der Waals surface area contributed by atoms with Gasteiger partial charge in [0, 0.05) is 36.9 Å². The number of piperidine rings is 1. The second-order valence-electron chi connectivity index (χ2n) is 5.53. The van der Waals surface area contributed by atoms with E-state index in [4.69, 9.17) is 35.5 Å². The summed E-state index contributed by atoms with van der Waals surface area (Å²) < 4.78 is 177. The molecule has 0 aliphatic carbocycles. The lowest BCUT2D eigenvalue weighted by Gasteiger charge is -2.47. The molecule has 0 radical (unpaired) electrons. The van der Waals surface area contributed by atoms with Gasteiger partial charge in [0.15, 0.2) is 11.5 Å². The van der Waals surface area contributed by atoms with Crippen LogP contribution in [0.2, 0.25) is 0 Å². The smallest absolute Gasteiger partial charge is 0.161 e. The van der Waals surface area contributed by atoms with Gasteiger partial charge < -0.3 is 14.6 Å². The van der Waals surface area contributed by atoms with E-state index >= 15 is 0 Å². The van der Waals surface area contributed by atoms with Crippen LogP contribution in [0, 0.1) is 11.3 Å². The molecule has 1 aromatic rings. The summed E-state index contributed by atoms with van der Waals surface area (Å²) in [5.74, 6) is -5.96. The summed E-state index contributed by atoms with van der Waals surface area (Å²) in [4.78, 5) is 0.151. The number of rotatable bonds is 3. The van der Waals surface area contributed by atoms with Gasteiger partial charge in [-0.1, -0.05) is 20.6 Å². The lowest BCUT2D eigenvalue weighted by Crippen LogP contribution is -2.48. The van der Waals surface area contributed by atoms with E-state index < -0.39 is 106 Å². The van der Waals surface area contributed by atoms with Crippen LogP contribution in [0.25, 0.3) is 0 Å². The number of nitrogens with zero attached hydrogens (tertiary/aromatic N) is 1. The van der Waals surface area contributed by atoms with Gasteiger partial charge in [-0.3, -0.25) is 4.90 Å². The summed E-state index contributed by atoms with van der Waals surface area (Å²) >= 11 is 0. The third-order valence-corrected chi connectivity index (χ3v) is 3.50. The molecule has 3 atom stereocenters. The molecule has 2 aliphatic heterocycles. The lowest BCUT2D eigenvalue weighted by molar-refractivity contribution is -0.0259. The molecule has 0 saturated carbocycles. The summed E-state index contributed by atoms with van der Waals surface area (Å²) in [5.41, 5.74) is -5.06. The molecule has 0 bridgehead atoms. The van der Waals surface area contributed by atoms with Crippen molar-refractivity contribution in [1.82, 2.24) is 4.90 Å². The first-order chi connectivity index (χ1) is 19.2. The topological polar surface area (TPSA) is 41.9 Å². The van der Waals surface area contributed by atoms with Crippen LogP contribution < -0.4 is 9.47 Å². The van der Waals surface area contributed by atoms with E-state index in [1.807, 2.05) is 0 Å². The minimum atomic E-state index is -4.52. The molecular weight excluding hydrogens is 302 g/mol. The number of methoxy groups -OCH3 is 2. The Balaban J connectivity index is 2.54. The number of fused-ring (bicyclic) bond motifs is 3. The third-order valence-electron chi connectivity index (χ3n) is 3.50. The van der Waals surface area contributed by atoms with E-state index in [1.54, 1.807) is 0 Å². The normalized spacial score (nSPS) is 55.1. The highest BCUT2D eigenvalue weighted by molar-refractivity contribution is 5.49. The van der Waals surface area contributed by atoms with E-state index in [0.29, 0.717) is 6.92 Å². The Labute approximate surface area is 173 Å². The van der Waals surface area contributed by atoms with Crippen LogP contribution in [0.3, 0.4) is 0 Å². The zero-order valence-corrected chi connectivity index (χ0v) is 13.1. The molecule has 1 N–H and O–H groups in total. The van der Waals surface area contributed by atoms with Gasteiger partial charge >= 0.3 is 0 Å². The summed E-state index contributed by atoms with van der Waals surface area (Å²) in [6.07, 6.45) is -13.5. The van der Waals surface area contributed by atoms with Gasteiger partial charge in [-0.25, -0.2) is 0 Å². The second kappa shape index (κ2) is 6.57. The first kappa shape index (κ1) is 5.37. The highest BCUT2D eigenvalue weighted by Gasteiger charge is 2.39. The fourth-order valence-corrected chi connectivity index (χ4v) is 2.52. The first-order valence-electron chi connectivity index (χ1n) is 17.1. The maximum atomic E-state index is 11.6. The molecule has 24 heavy (non-hydrogen) atoms. The predicted octanol–water partition coefficient (Wildman–Crippen LogP) is 3.42. The molecule has 4 nitrogen and oxygen atoms in total. The van der Waals surface area contributed by atoms with Crippen molar-refractivity contribution in [3.8, 4) is 11.5 Å². The van der Waals surface area contributed by atoms with Gasteiger partial charge in [-0.2, -0.15) is 0 Å². The summed E-state index contributed by atoms with van der Waals surface area (Å²) in [7, 11) is -2.29. The Kier molecular flexibility index (Phi) is 1.47. The van der Waals surface area contributed by atoms with Gasteiger partial charge in [0.2, 0.25) is 0 Å².